The summed E-state index contributed by atoms with van der Waals surface area (Å²) in [5.74, 6) is 0.367. The summed E-state index contributed by atoms with van der Waals surface area (Å²) in [7, 11) is 1.42. The molecule has 0 aliphatic carbocycles. The van der Waals surface area contributed by atoms with Crippen LogP contribution in [0.4, 0.5) is 4.79 Å². The molecule has 0 spiro atoms. The minimum atomic E-state index is -0.248. The van der Waals surface area contributed by atoms with Crippen LogP contribution in [0.1, 0.15) is 24.5 Å². The van der Waals surface area contributed by atoms with E-state index >= 15 is 0 Å². The minimum absolute atomic E-state index is 0.248. The van der Waals surface area contributed by atoms with Gasteiger partial charge in [0.1, 0.15) is 0 Å². The summed E-state index contributed by atoms with van der Waals surface area (Å²) < 4.78 is 4.75. The highest BCUT2D eigenvalue weighted by molar-refractivity contribution is 6.31. The highest BCUT2D eigenvalue weighted by atomic mass is 35.5. The molecular weight excluding hydrogens is 278 g/mol. The van der Waals surface area contributed by atoms with E-state index in [0.29, 0.717) is 24.0 Å². The molecular formula is C14H16ClN3O2. The second-order valence-electron chi connectivity index (χ2n) is 5.03. The van der Waals surface area contributed by atoms with Crippen molar-refractivity contribution < 1.29 is 9.53 Å². The molecule has 0 bridgehead atoms. The Labute approximate surface area is 121 Å². The molecule has 1 N–H and O–H groups in total. The molecule has 1 aliphatic heterocycles. The van der Waals surface area contributed by atoms with Gasteiger partial charge >= 0.3 is 6.09 Å². The Morgan fingerprint density at radius 2 is 2.20 bits per heavy atom. The third-order valence-electron chi connectivity index (χ3n) is 3.87. The number of H-pyrrole nitrogens is 1. The van der Waals surface area contributed by atoms with E-state index in [9.17, 15) is 4.79 Å². The average molecular weight is 294 g/mol. The fourth-order valence-electron chi connectivity index (χ4n) is 2.79. The summed E-state index contributed by atoms with van der Waals surface area (Å²) in [4.78, 5) is 13.2. The third kappa shape index (κ3) is 2.33. The first-order valence-corrected chi connectivity index (χ1v) is 7.03. The molecule has 2 aromatic rings. The number of piperidine rings is 1. The number of hydrogen-bond donors (Lipinski definition) is 1. The zero-order valence-corrected chi connectivity index (χ0v) is 12.0. The van der Waals surface area contributed by atoms with Gasteiger partial charge in [-0.3, -0.25) is 5.10 Å². The first-order valence-electron chi connectivity index (χ1n) is 6.65. The van der Waals surface area contributed by atoms with Crippen molar-refractivity contribution in [2.45, 2.75) is 18.8 Å². The van der Waals surface area contributed by atoms with Crippen LogP contribution < -0.4 is 0 Å². The molecule has 0 saturated carbocycles. The number of benzene rings is 1. The maximum absolute atomic E-state index is 11.5. The number of rotatable bonds is 1. The Morgan fingerprint density at radius 3 is 2.90 bits per heavy atom. The number of aromatic amines is 1. The van der Waals surface area contributed by atoms with Gasteiger partial charge in [-0.2, -0.15) is 5.10 Å². The van der Waals surface area contributed by atoms with E-state index in [4.69, 9.17) is 16.3 Å². The van der Waals surface area contributed by atoms with Crippen LogP contribution in [0.2, 0.25) is 5.02 Å². The molecule has 1 aromatic heterocycles. The zero-order chi connectivity index (χ0) is 14.1. The van der Waals surface area contributed by atoms with Crippen molar-refractivity contribution in [3.8, 4) is 0 Å². The predicted molar refractivity (Wildman–Crippen MR) is 77.1 cm³/mol. The van der Waals surface area contributed by atoms with E-state index in [1.807, 2.05) is 18.2 Å². The van der Waals surface area contributed by atoms with E-state index in [2.05, 4.69) is 10.2 Å². The van der Waals surface area contributed by atoms with Gasteiger partial charge < -0.3 is 9.64 Å². The number of nitrogens with zero attached hydrogens (tertiary/aromatic N) is 2. The number of halogens is 1. The number of carbonyl (C=O) groups excluding carboxylic acids is 1. The Balaban J connectivity index is 1.78. The van der Waals surface area contributed by atoms with Crippen molar-refractivity contribution in [1.29, 1.82) is 0 Å². The van der Waals surface area contributed by atoms with Crippen molar-refractivity contribution in [3.05, 3.63) is 28.9 Å². The molecule has 2 heterocycles. The molecule has 1 fully saturated rings. The summed E-state index contributed by atoms with van der Waals surface area (Å²) in [6.45, 7) is 1.42. The Hall–Kier alpha value is -1.75. The van der Waals surface area contributed by atoms with Gasteiger partial charge in [0.15, 0.2) is 0 Å². The van der Waals surface area contributed by atoms with Gasteiger partial charge in [-0.25, -0.2) is 4.79 Å². The summed E-state index contributed by atoms with van der Waals surface area (Å²) >= 11 is 5.98. The number of aromatic nitrogens is 2. The molecule has 5 nitrogen and oxygen atoms in total. The van der Waals surface area contributed by atoms with E-state index in [1.165, 1.54) is 7.11 Å². The lowest BCUT2D eigenvalue weighted by atomic mass is 9.92. The Bertz CT molecular complexity index is 632. The fraction of sp³-hybridized carbons (Fsp3) is 0.429. The van der Waals surface area contributed by atoms with Crippen LogP contribution in [-0.2, 0) is 4.74 Å². The van der Waals surface area contributed by atoms with Gasteiger partial charge in [-0.05, 0) is 31.0 Å². The smallest absolute Gasteiger partial charge is 0.409 e. The highest BCUT2D eigenvalue weighted by Gasteiger charge is 2.26. The second kappa shape index (κ2) is 5.32. The lowest BCUT2D eigenvalue weighted by molar-refractivity contribution is 0.112. The van der Waals surface area contributed by atoms with Crippen molar-refractivity contribution in [1.82, 2.24) is 15.1 Å². The third-order valence-corrected chi connectivity index (χ3v) is 4.10. The number of hydrogen-bond acceptors (Lipinski definition) is 3. The number of likely N-dealkylation sites (tertiary alicyclic amines) is 1. The van der Waals surface area contributed by atoms with Crippen LogP contribution in [-0.4, -0.2) is 41.4 Å². The second-order valence-corrected chi connectivity index (χ2v) is 5.47. The number of ether oxygens (including phenoxy) is 1. The van der Waals surface area contributed by atoms with Gasteiger partial charge in [0.25, 0.3) is 0 Å². The summed E-state index contributed by atoms with van der Waals surface area (Å²) in [6.07, 6.45) is 1.55. The van der Waals surface area contributed by atoms with E-state index < -0.39 is 0 Å². The highest BCUT2D eigenvalue weighted by Crippen LogP contribution is 2.32. The van der Waals surface area contributed by atoms with E-state index in [-0.39, 0.29) is 6.09 Å². The van der Waals surface area contributed by atoms with Crippen molar-refractivity contribution in [2.24, 2.45) is 0 Å². The van der Waals surface area contributed by atoms with Crippen LogP contribution in [0.3, 0.4) is 0 Å². The Kier molecular flexibility index (Phi) is 3.53. The zero-order valence-electron chi connectivity index (χ0n) is 11.2. The molecule has 20 heavy (non-hydrogen) atoms. The average Bonchev–Trinajstić information content (AvgIpc) is 2.89. The summed E-state index contributed by atoms with van der Waals surface area (Å²) in [6, 6.07) is 5.77. The van der Waals surface area contributed by atoms with Gasteiger partial charge in [-0.15, -0.1) is 0 Å². The van der Waals surface area contributed by atoms with E-state index in [0.717, 1.165) is 29.4 Å². The van der Waals surface area contributed by atoms with Gasteiger partial charge in [0, 0.05) is 29.4 Å². The van der Waals surface area contributed by atoms with E-state index in [1.54, 1.807) is 4.90 Å². The molecule has 1 saturated heterocycles. The first-order chi connectivity index (χ1) is 9.69. The molecule has 6 heteroatoms. The van der Waals surface area contributed by atoms with Crippen molar-refractivity contribution >= 4 is 28.6 Å². The normalized spacial score (nSPS) is 16.6. The largest absolute Gasteiger partial charge is 0.453 e. The van der Waals surface area contributed by atoms with Crippen LogP contribution in [0, 0.1) is 0 Å². The number of nitrogens with one attached hydrogen (secondary N) is 1. The molecule has 0 radical (unpaired) electrons. The molecule has 1 aromatic carbocycles. The number of methoxy groups -OCH3 is 1. The number of fused-ring (bicyclic) bond motifs is 1. The minimum Gasteiger partial charge on any atom is -0.453 e. The molecule has 0 unspecified atom stereocenters. The molecule has 1 amide bonds. The van der Waals surface area contributed by atoms with Crippen LogP contribution in [0.15, 0.2) is 18.2 Å². The van der Waals surface area contributed by atoms with Gasteiger partial charge in [0.05, 0.1) is 18.3 Å². The molecule has 0 atom stereocenters. The van der Waals surface area contributed by atoms with Crippen LogP contribution in [0.5, 0.6) is 0 Å². The van der Waals surface area contributed by atoms with Gasteiger partial charge in [-0.1, -0.05) is 11.6 Å². The molecule has 3 rings (SSSR count). The predicted octanol–water partition coefficient (Wildman–Crippen LogP) is 3.16. The molecule has 1 aliphatic rings. The quantitative estimate of drug-likeness (QED) is 0.878. The number of amides is 1. The van der Waals surface area contributed by atoms with Crippen LogP contribution in [0.25, 0.3) is 10.9 Å². The maximum atomic E-state index is 11.5. The Morgan fingerprint density at radius 1 is 1.45 bits per heavy atom. The maximum Gasteiger partial charge on any atom is 0.409 e. The summed E-state index contributed by atoms with van der Waals surface area (Å²) in [5.41, 5.74) is 2.03. The lowest BCUT2D eigenvalue weighted by Gasteiger charge is -2.30. The topological polar surface area (TPSA) is 58.2 Å². The first kappa shape index (κ1) is 13.2. The number of carbonyl (C=O) groups is 1. The van der Waals surface area contributed by atoms with Crippen molar-refractivity contribution in [2.75, 3.05) is 20.2 Å². The summed E-state index contributed by atoms with van der Waals surface area (Å²) in [5, 5.41) is 9.28. The lowest BCUT2D eigenvalue weighted by Crippen LogP contribution is -2.37. The SMILES string of the molecule is COC(=O)N1CCC(c2n[nH]c3cc(Cl)ccc23)CC1. The standard InChI is InChI=1S/C14H16ClN3O2/c1-20-14(19)18-6-4-9(5-7-18)13-11-3-2-10(15)8-12(11)16-17-13/h2-3,8-9H,4-7H2,1H3,(H,16,17). The van der Waals surface area contributed by atoms with Crippen LogP contribution >= 0.6 is 11.6 Å². The van der Waals surface area contributed by atoms with Crippen molar-refractivity contribution in [3.63, 3.8) is 0 Å². The van der Waals surface area contributed by atoms with Gasteiger partial charge in [0.2, 0.25) is 0 Å². The molecule has 106 valence electrons. The fourth-order valence-corrected chi connectivity index (χ4v) is 2.96. The monoisotopic (exact) mass is 293 g/mol.